The molecule has 3 rings (SSSR count). The molecule has 0 bridgehead atoms. The third-order valence-corrected chi connectivity index (χ3v) is 5.00. The maximum atomic E-state index is 12.8. The fourth-order valence-electron chi connectivity index (χ4n) is 3.16. The summed E-state index contributed by atoms with van der Waals surface area (Å²) in [6, 6.07) is 21.7. The molecular formula is C24H23ClN2O2. The van der Waals surface area contributed by atoms with Crippen LogP contribution >= 0.6 is 11.6 Å². The van der Waals surface area contributed by atoms with Crippen LogP contribution in [-0.2, 0) is 4.79 Å². The van der Waals surface area contributed by atoms with E-state index in [2.05, 4.69) is 10.6 Å². The van der Waals surface area contributed by atoms with Gasteiger partial charge in [-0.2, -0.15) is 0 Å². The van der Waals surface area contributed by atoms with Gasteiger partial charge in [0.15, 0.2) is 0 Å². The number of hydrogen-bond acceptors (Lipinski definition) is 2. The van der Waals surface area contributed by atoms with Crippen LogP contribution in [0, 0.1) is 13.8 Å². The molecule has 0 radical (unpaired) electrons. The number of amides is 2. The second kappa shape index (κ2) is 9.39. The molecule has 5 heteroatoms. The van der Waals surface area contributed by atoms with Crippen LogP contribution < -0.4 is 10.6 Å². The van der Waals surface area contributed by atoms with E-state index in [1.165, 1.54) is 0 Å². The number of carbonyl (C=O) groups excluding carboxylic acids is 2. The molecule has 0 aliphatic heterocycles. The Hall–Kier alpha value is -3.11. The van der Waals surface area contributed by atoms with Gasteiger partial charge in [-0.3, -0.25) is 9.59 Å². The van der Waals surface area contributed by atoms with E-state index in [4.69, 9.17) is 11.6 Å². The van der Waals surface area contributed by atoms with E-state index in [0.29, 0.717) is 10.6 Å². The zero-order valence-corrected chi connectivity index (χ0v) is 17.2. The minimum Gasteiger partial charge on any atom is -0.345 e. The highest BCUT2D eigenvalue weighted by atomic mass is 35.5. The lowest BCUT2D eigenvalue weighted by Crippen LogP contribution is -2.31. The van der Waals surface area contributed by atoms with Crippen LogP contribution in [0.4, 0.5) is 5.69 Å². The summed E-state index contributed by atoms with van der Waals surface area (Å²) >= 11 is 6.15. The van der Waals surface area contributed by atoms with Crippen molar-refractivity contribution in [3.63, 3.8) is 0 Å². The third kappa shape index (κ3) is 5.46. The molecule has 0 heterocycles. The van der Waals surface area contributed by atoms with Crippen molar-refractivity contribution >= 4 is 29.1 Å². The van der Waals surface area contributed by atoms with E-state index in [9.17, 15) is 9.59 Å². The summed E-state index contributed by atoms with van der Waals surface area (Å²) in [6.45, 7) is 3.96. The summed E-state index contributed by atoms with van der Waals surface area (Å²) in [4.78, 5) is 25.5. The molecule has 0 aliphatic rings. The highest BCUT2D eigenvalue weighted by Crippen LogP contribution is 2.22. The van der Waals surface area contributed by atoms with Crippen LogP contribution in [0.25, 0.3) is 0 Å². The number of halogens is 1. The van der Waals surface area contributed by atoms with Gasteiger partial charge in [-0.15, -0.1) is 0 Å². The molecule has 0 saturated heterocycles. The van der Waals surface area contributed by atoms with E-state index < -0.39 is 6.04 Å². The third-order valence-electron chi connectivity index (χ3n) is 4.67. The summed E-state index contributed by atoms with van der Waals surface area (Å²) in [5.74, 6) is -0.492. The van der Waals surface area contributed by atoms with Crippen molar-refractivity contribution in [2.75, 3.05) is 5.32 Å². The largest absolute Gasteiger partial charge is 0.345 e. The number of carbonyl (C=O) groups is 2. The minimum atomic E-state index is -0.481. The maximum Gasteiger partial charge on any atom is 0.253 e. The molecule has 0 fully saturated rings. The van der Waals surface area contributed by atoms with Gasteiger partial charge in [-0.1, -0.05) is 71.8 Å². The Labute approximate surface area is 175 Å². The van der Waals surface area contributed by atoms with E-state index in [1.807, 2.05) is 62.4 Å². The van der Waals surface area contributed by atoms with Gasteiger partial charge in [0.1, 0.15) is 0 Å². The fraction of sp³-hybridized carbons (Fsp3) is 0.167. The molecule has 148 valence electrons. The SMILES string of the molecule is Cc1ccc(NC(=O)CC(NC(=O)c2ccccc2Cl)c2ccccc2)c(C)c1. The van der Waals surface area contributed by atoms with E-state index in [1.54, 1.807) is 24.3 Å². The second-order valence-electron chi connectivity index (χ2n) is 6.99. The topological polar surface area (TPSA) is 58.2 Å². The van der Waals surface area contributed by atoms with Crippen molar-refractivity contribution in [3.05, 3.63) is 100 Å². The molecule has 4 nitrogen and oxygen atoms in total. The molecule has 0 aliphatic carbocycles. The van der Waals surface area contributed by atoms with Gasteiger partial charge < -0.3 is 10.6 Å². The summed E-state index contributed by atoms with van der Waals surface area (Å²) in [5.41, 5.74) is 4.13. The number of aryl methyl sites for hydroxylation is 2. The standard InChI is InChI=1S/C24H23ClN2O2/c1-16-12-13-21(17(2)14-16)26-23(28)15-22(18-8-4-3-5-9-18)27-24(29)19-10-6-7-11-20(19)25/h3-14,22H,15H2,1-2H3,(H,26,28)(H,27,29). The molecule has 0 saturated carbocycles. The predicted molar refractivity (Wildman–Crippen MR) is 117 cm³/mol. The Morgan fingerprint density at radius 1 is 0.931 bits per heavy atom. The molecule has 0 aromatic heterocycles. The lowest BCUT2D eigenvalue weighted by molar-refractivity contribution is -0.116. The maximum absolute atomic E-state index is 12.8. The smallest absolute Gasteiger partial charge is 0.253 e. The molecule has 2 amide bonds. The monoisotopic (exact) mass is 406 g/mol. The van der Waals surface area contributed by atoms with E-state index in [0.717, 1.165) is 22.4 Å². The highest BCUT2D eigenvalue weighted by Gasteiger charge is 2.20. The van der Waals surface area contributed by atoms with Crippen molar-refractivity contribution in [1.82, 2.24) is 5.32 Å². The van der Waals surface area contributed by atoms with Crippen LogP contribution in [0.15, 0.2) is 72.8 Å². The number of rotatable bonds is 6. The summed E-state index contributed by atoms with van der Waals surface area (Å²) in [7, 11) is 0. The number of hydrogen-bond donors (Lipinski definition) is 2. The Kier molecular flexibility index (Phi) is 6.68. The first kappa shape index (κ1) is 20.6. The van der Waals surface area contributed by atoms with Gasteiger partial charge in [0.25, 0.3) is 5.91 Å². The molecular weight excluding hydrogens is 384 g/mol. The molecule has 2 N–H and O–H groups in total. The molecule has 29 heavy (non-hydrogen) atoms. The van der Waals surface area contributed by atoms with Gasteiger partial charge in [0, 0.05) is 5.69 Å². The Bertz CT molecular complexity index is 1020. The fourth-order valence-corrected chi connectivity index (χ4v) is 3.38. The van der Waals surface area contributed by atoms with Crippen molar-refractivity contribution in [3.8, 4) is 0 Å². The minimum absolute atomic E-state index is 0.105. The summed E-state index contributed by atoms with van der Waals surface area (Å²) < 4.78 is 0. The van der Waals surface area contributed by atoms with E-state index in [-0.39, 0.29) is 18.2 Å². The lowest BCUT2D eigenvalue weighted by atomic mass is 10.0. The van der Waals surface area contributed by atoms with E-state index >= 15 is 0 Å². The van der Waals surface area contributed by atoms with Crippen LogP contribution in [0.3, 0.4) is 0 Å². The lowest BCUT2D eigenvalue weighted by Gasteiger charge is -2.20. The zero-order chi connectivity index (χ0) is 20.8. The number of nitrogens with one attached hydrogen (secondary N) is 2. The predicted octanol–water partition coefficient (Wildman–Crippen LogP) is 5.46. The molecule has 1 atom stereocenters. The highest BCUT2D eigenvalue weighted by molar-refractivity contribution is 6.33. The first-order chi connectivity index (χ1) is 13.9. The van der Waals surface area contributed by atoms with Crippen LogP contribution in [-0.4, -0.2) is 11.8 Å². The second-order valence-corrected chi connectivity index (χ2v) is 7.39. The average Bonchev–Trinajstić information content (AvgIpc) is 2.70. The summed E-state index contributed by atoms with van der Waals surface area (Å²) in [5, 5.41) is 6.26. The molecule has 0 spiro atoms. The van der Waals surface area contributed by atoms with Crippen molar-refractivity contribution in [1.29, 1.82) is 0 Å². The van der Waals surface area contributed by atoms with Crippen molar-refractivity contribution in [2.45, 2.75) is 26.3 Å². The number of benzene rings is 3. The van der Waals surface area contributed by atoms with Gasteiger partial charge in [0.05, 0.1) is 23.0 Å². The average molecular weight is 407 g/mol. The van der Waals surface area contributed by atoms with Crippen molar-refractivity contribution in [2.24, 2.45) is 0 Å². The van der Waals surface area contributed by atoms with Gasteiger partial charge in [-0.25, -0.2) is 0 Å². The van der Waals surface area contributed by atoms with Crippen molar-refractivity contribution < 1.29 is 9.59 Å². The van der Waals surface area contributed by atoms with Gasteiger partial charge in [-0.05, 0) is 43.2 Å². The van der Waals surface area contributed by atoms with Gasteiger partial charge >= 0.3 is 0 Å². The quantitative estimate of drug-likeness (QED) is 0.571. The normalized spacial score (nSPS) is 11.6. The Balaban J connectivity index is 1.78. The van der Waals surface area contributed by atoms with Crippen LogP contribution in [0.1, 0.15) is 39.5 Å². The zero-order valence-electron chi connectivity index (χ0n) is 16.4. The number of anilines is 1. The molecule has 3 aromatic carbocycles. The Morgan fingerprint density at radius 3 is 2.31 bits per heavy atom. The van der Waals surface area contributed by atoms with Crippen LogP contribution in [0.5, 0.6) is 0 Å². The molecule has 1 unspecified atom stereocenters. The molecule has 3 aromatic rings. The van der Waals surface area contributed by atoms with Gasteiger partial charge in [0.2, 0.25) is 5.91 Å². The first-order valence-corrected chi connectivity index (χ1v) is 9.79. The van der Waals surface area contributed by atoms with Crippen LogP contribution in [0.2, 0.25) is 5.02 Å². The summed E-state index contributed by atoms with van der Waals surface area (Å²) in [6.07, 6.45) is 0.105. The first-order valence-electron chi connectivity index (χ1n) is 9.41. The Morgan fingerprint density at radius 2 is 1.62 bits per heavy atom.